The third-order valence-electron chi connectivity index (χ3n) is 3.26. The van der Waals surface area contributed by atoms with Crippen LogP contribution in [0.25, 0.3) is 0 Å². The summed E-state index contributed by atoms with van der Waals surface area (Å²) >= 11 is 1.92. The number of nitrogens with zero attached hydrogens (tertiary/aromatic N) is 2. The van der Waals surface area contributed by atoms with Crippen molar-refractivity contribution in [1.29, 1.82) is 0 Å². The van der Waals surface area contributed by atoms with E-state index in [1.165, 1.54) is 10.5 Å². The van der Waals surface area contributed by atoms with Gasteiger partial charge in [-0.15, -0.1) is 11.8 Å². The highest BCUT2D eigenvalue weighted by molar-refractivity contribution is 8.00. The van der Waals surface area contributed by atoms with Crippen molar-refractivity contribution >= 4 is 11.8 Å². The van der Waals surface area contributed by atoms with Gasteiger partial charge in [0.15, 0.2) is 5.75 Å². The third-order valence-corrected chi connectivity index (χ3v) is 4.54. The maximum atomic E-state index is 5.85. The van der Waals surface area contributed by atoms with E-state index in [4.69, 9.17) is 4.74 Å². The Kier molecular flexibility index (Phi) is 3.51. The highest BCUT2D eigenvalue weighted by Crippen LogP contribution is 2.36. The van der Waals surface area contributed by atoms with Crippen LogP contribution in [0, 0.1) is 0 Å². The number of rotatable bonds is 4. The van der Waals surface area contributed by atoms with E-state index in [0.29, 0.717) is 11.3 Å². The maximum Gasteiger partial charge on any atom is 0.157 e. The lowest BCUT2D eigenvalue weighted by molar-refractivity contribution is 0.317. The molecule has 1 aliphatic rings. The largest absolute Gasteiger partial charge is 0.489 e. The first-order valence-corrected chi connectivity index (χ1v) is 7.52. The fourth-order valence-electron chi connectivity index (χ4n) is 2.21. The zero-order chi connectivity index (χ0) is 13.2. The van der Waals surface area contributed by atoms with Gasteiger partial charge in [-0.1, -0.05) is 18.2 Å². The van der Waals surface area contributed by atoms with Gasteiger partial charge >= 0.3 is 0 Å². The van der Waals surface area contributed by atoms with E-state index in [1.807, 2.05) is 22.6 Å². The van der Waals surface area contributed by atoms with Gasteiger partial charge in [-0.25, -0.2) is 0 Å². The molecule has 0 fully saturated rings. The molecule has 0 spiro atoms. The second-order valence-electron chi connectivity index (χ2n) is 5.11. The molecule has 0 N–H and O–H groups in total. The topological polar surface area (TPSA) is 27.1 Å². The Morgan fingerprint density at radius 3 is 3.00 bits per heavy atom. The predicted molar refractivity (Wildman–Crippen MR) is 77.9 cm³/mol. The molecule has 0 saturated carbocycles. The Hall–Kier alpha value is -1.42. The Bertz CT molecular complexity index is 540. The first-order chi connectivity index (χ1) is 9.22. The fraction of sp³-hybridized carbons (Fsp3) is 0.400. The Labute approximate surface area is 118 Å². The minimum Gasteiger partial charge on any atom is -0.489 e. The highest BCUT2D eigenvalue weighted by atomic mass is 32.2. The van der Waals surface area contributed by atoms with Crippen LogP contribution in [0.1, 0.15) is 25.5 Å². The summed E-state index contributed by atoms with van der Waals surface area (Å²) in [6.07, 6.45) is 4.86. The first-order valence-electron chi connectivity index (χ1n) is 6.64. The number of benzene rings is 1. The SMILES string of the molecule is CC(C)n1cc(OCC2Cc3ccccc3S2)cn1. The number of fused-ring (bicyclic) bond motifs is 1. The molecule has 1 unspecified atom stereocenters. The quantitative estimate of drug-likeness (QED) is 0.853. The lowest BCUT2D eigenvalue weighted by atomic mass is 10.1. The van der Waals surface area contributed by atoms with Crippen molar-refractivity contribution in [3.8, 4) is 5.75 Å². The van der Waals surface area contributed by atoms with Crippen LogP contribution in [0.3, 0.4) is 0 Å². The van der Waals surface area contributed by atoms with Crippen LogP contribution in [0.2, 0.25) is 0 Å². The van der Waals surface area contributed by atoms with Gasteiger partial charge in [-0.2, -0.15) is 5.10 Å². The molecule has 1 aromatic heterocycles. The smallest absolute Gasteiger partial charge is 0.157 e. The molecule has 3 rings (SSSR count). The zero-order valence-electron chi connectivity index (χ0n) is 11.2. The first kappa shape index (κ1) is 12.6. The van der Waals surface area contributed by atoms with Gasteiger partial charge in [-0.05, 0) is 31.9 Å². The van der Waals surface area contributed by atoms with E-state index in [2.05, 4.69) is 43.2 Å². The van der Waals surface area contributed by atoms with Gasteiger partial charge < -0.3 is 4.74 Å². The summed E-state index contributed by atoms with van der Waals surface area (Å²) < 4.78 is 7.77. The molecule has 1 aliphatic heterocycles. The van der Waals surface area contributed by atoms with Crippen molar-refractivity contribution in [3.05, 3.63) is 42.2 Å². The standard InChI is InChI=1S/C15H18N2OS/c1-11(2)17-9-13(8-16-17)18-10-14-7-12-5-3-4-6-15(12)19-14/h3-6,8-9,11,14H,7,10H2,1-2H3. The molecular formula is C15H18N2OS. The average molecular weight is 274 g/mol. The van der Waals surface area contributed by atoms with Gasteiger partial charge in [0.25, 0.3) is 0 Å². The predicted octanol–water partition coefficient (Wildman–Crippen LogP) is 3.56. The van der Waals surface area contributed by atoms with Crippen molar-refractivity contribution in [2.75, 3.05) is 6.61 Å². The summed E-state index contributed by atoms with van der Waals surface area (Å²) in [5, 5.41) is 4.80. The van der Waals surface area contributed by atoms with Crippen LogP contribution < -0.4 is 4.74 Å². The van der Waals surface area contributed by atoms with Crippen molar-refractivity contribution in [2.24, 2.45) is 0 Å². The summed E-state index contributed by atoms with van der Waals surface area (Å²) in [5.41, 5.74) is 1.44. The Morgan fingerprint density at radius 2 is 2.26 bits per heavy atom. The number of hydrogen-bond acceptors (Lipinski definition) is 3. The molecule has 4 heteroatoms. The molecule has 0 aliphatic carbocycles. The molecule has 3 nitrogen and oxygen atoms in total. The number of aromatic nitrogens is 2. The molecule has 0 bridgehead atoms. The Morgan fingerprint density at radius 1 is 1.42 bits per heavy atom. The van der Waals surface area contributed by atoms with Crippen LogP contribution in [-0.2, 0) is 6.42 Å². The summed E-state index contributed by atoms with van der Waals surface area (Å²) in [5.74, 6) is 0.866. The lowest BCUT2D eigenvalue weighted by Crippen LogP contribution is -2.13. The summed E-state index contributed by atoms with van der Waals surface area (Å²) in [6.45, 7) is 4.96. The van der Waals surface area contributed by atoms with Crippen molar-refractivity contribution < 1.29 is 4.74 Å². The molecule has 1 atom stereocenters. The fourth-order valence-corrected chi connectivity index (χ4v) is 3.43. The van der Waals surface area contributed by atoms with Gasteiger partial charge in [0, 0.05) is 16.2 Å². The van der Waals surface area contributed by atoms with E-state index < -0.39 is 0 Å². The molecule has 100 valence electrons. The normalized spacial score (nSPS) is 17.7. The van der Waals surface area contributed by atoms with Gasteiger partial charge in [-0.3, -0.25) is 4.68 Å². The van der Waals surface area contributed by atoms with Crippen molar-refractivity contribution in [3.63, 3.8) is 0 Å². The van der Waals surface area contributed by atoms with E-state index >= 15 is 0 Å². The second kappa shape index (κ2) is 5.29. The summed E-state index contributed by atoms with van der Waals surface area (Å²) in [4.78, 5) is 1.40. The second-order valence-corrected chi connectivity index (χ2v) is 6.45. The lowest BCUT2D eigenvalue weighted by Gasteiger charge is -2.09. The molecule has 1 aromatic carbocycles. The van der Waals surface area contributed by atoms with Crippen LogP contribution in [0.4, 0.5) is 0 Å². The average Bonchev–Trinajstić information content (AvgIpc) is 3.02. The minimum atomic E-state index is 0.377. The number of ether oxygens (including phenoxy) is 1. The van der Waals surface area contributed by atoms with Crippen molar-refractivity contribution in [1.82, 2.24) is 9.78 Å². The van der Waals surface area contributed by atoms with Gasteiger partial charge in [0.2, 0.25) is 0 Å². The van der Waals surface area contributed by atoms with Gasteiger partial charge in [0.05, 0.1) is 12.4 Å². The maximum absolute atomic E-state index is 5.85. The van der Waals surface area contributed by atoms with Crippen LogP contribution >= 0.6 is 11.8 Å². The molecular weight excluding hydrogens is 256 g/mol. The number of hydrogen-bond donors (Lipinski definition) is 0. The minimum absolute atomic E-state index is 0.377. The van der Waals surface area contributed by atoms with Crippen molar-refractivity contribution in [2.45, 2.75) is 36.5 Å². The highest BCUT2D eigenvalue weighted by Gasteiger charge is 2.22. The van der Waals surface area contributed by atoms with E-state index in [-0.39, 0.29) is 0 Å². The van der Waals surface area contributed by atoms with E-state index in [0.717, 1.165) is 18.8 Å². The molecule has 2 heterocycles. The summed E-state index contributed by atoms with van der Waals surface area (Å²) in [7, 11) is 0. The zero-order valence-corrected chi connectivity index (χ0v) is 12.1. The van der Waals surface area contributed by atoms with Crippen LogP contribution in [-0.4, -0.2) is 21.6 Å². The number of thioether (sulfide) groups is 1. The molecule has 2 aromatic rings. The van der Waals surface area contributed by atoms with Gasteiger partial charge in [0.1, 0.15) is 6.61 Å². The van der Waals surface area contributed by atoms with E-state index in [1.54, 1.807) is 6.20 Å². The molecule has 0 radical (unpaired) electrons. The molecule has 0 saturated heterocycles. The molecule has 19 heavy (non-hydrogen) atoms. The molecule has 0 amide bonds. The third kappa shape index (κ3) is 2.78. The Balaban J connectivity index is 1.56. The van der Waals surface area contributed by atoms with Crippen LogP contribution in [0.5, 0.6) is 5.75 Å². The monoisotopic (exact) mass is 274 g/mol. The summed E-state index contributed by atoms with van der Waals surface area (Å²) in [6, 6.07) is 8.98. The van der Waals surface area contributed by atoms with E-state index in [9.17, 15) is 0 Å². The van der Waals surface area contributed by atoms with Crippen LogP contribution in [0.15, 0.2) is 41.6 Å².